The lowest BCUT2D eigenvalue weighted by molar-refractivity contribution is 0.0690. The summed E-state index contributed by atoms with van der Waals surface area (Å²) in [6, 6.07) is 1.30. The van der Waals surface area contributed by atoms with Gasteiger partial charge in [-0.1, -0.05) is 6.92 Å². The van der Waals surface area contributed by atoms with Gasteiger partial charge in [-0.15, -0.1) is 0 Å². The maximum Gasteiger partial charge on any atom is 0.340 e. The molecule has 4 heteroatoms. The molecule has 1 aromatic rings. The molecule has 0 aromatic carbocycles. The van der Waals surface area contributed by atoms with E-state index in [2.05, 4.69) is 4.98 Å². The highest BCUT2D eigenvalue weighted by atomic mass is 19.1. The van der Waals surface area contributed by atoms with Crippen LogP contribution < -0.4 is 0 Å². The Bertz CT molecular complexity index is 312. The van der Waals surface area contributed by atoms with Crippen LogP contribution in [0.5, 0.6) is 0 Å². The second-order valence-corrected chi connectivity index (χ2v) is 2.34. The molecular weight excluding hydrogens is 161 g/mol. The lowest BCUT2D eigenvalue weighted by Gasteiger charge is -1.98. The Kier molecular flexibility index (Phi) is 2.38. The average Bonchev–Trinajstić information content (AvgIpc) is 2.05. The van der Waals surface area contributed by atoms with Gasteiger partial charge in [-0.2, -0.15) is 4.39 Å². The van der Waals surface area contributed by atoms with E-state index in [4.69, 9.17) is 5.11 Å². The fourth-order valence-electron chi connectivity index (χ4n) is 0.835. The molecule has 1 N–H and O–H groups in total. The molecule has 0 radical (unpaired) electrons. The molecule has 0 aliphatic carbocycles. The van der Waals surface area contributed by atoms with Crippen molar-refractivity contribution in [2.24, 2.45) is 0 Å². The average molecular weight is 169 g/mol. The molecule has 0 atom stereocenters. The van der Waals surface area contributed by atoms with Gasteiger partial charge in [0.2, 0.25) is 5.95 Å². The van der Waals surface area contributed by atoms with E-state index >= 15 is 0 Å². The Balaban J connectivity index is 3.17. The Morgan fingerprint density at radius 2 is 2.42 bits per heavy atom. The van der Waals surface area contributed by atoms with E-state index < -0.39 is 11.9 Å². The van der Waals surface area contributed by atoms with Gasteiger partial charge in [-0.3, -0.25) is 0 Å². The molecule has 1 aromatic heterocycles. The van der Waals surface area contributed by atoms with Crippen LogP contribution in [-0.4, -0.2) is 16.1 Å². The Labute approximate surface area is 68.9 Å². The molecular formula is C8H8FNO2. The third-order valence-corrected chi connectivity index (χ3v) is 1.53. The second kappa shape index (κ2) is 3.30. The predicted molar refractivity (Wildman–Crippen MR) is 40.5 cm³/mol. The van der Waals surface area contributed by atoms with E-state index in [1.165, 1.54) is 12.3 Å². The number of hydrogen-bond donors (Lipinski definition) is 1. The van der Waals surface area contributed by atoms with Gasteiger partial charge in [0.15, 0.2) is 0 Å². The first kappa shape index (κ1) is 8.64. The SMILES string of the molecule is CCc1cnc(F)c(C(=O)O)c1. The zero-order valence-corrected chi connectivity index (χ0v) is 6.54. The first-order valence-corrected chi connectivity index (χ1v) is 3.53. The number of rotatable bonds is 2. The van der Waals surface area contributed by atoms with Crippen LogP contribution in [0.3, 0.4) is 0 Å². The largest absolute Gasteiger partial charge is 0.478 e. The number of carboxylic acids is 1. The van der Waals surface area contributed by atoms with Crippen molar-refractivity contribution in [3.05, 3.63) is 29.3 Å². The molecule has 1 rings (SSSR count). The van der Waals surface area contributed by atoms with E-state index in [1.807, 2.05) is 6.92 Å². The molecule has 0 bridgehead atoms. The van der Waals surface area contributed by atoms with Crippen molar-refractivity contribution in [3.63, 3.8) is 0 Å². The van der Waals surface area contributed by atoms with Crippen molar-refractivity contribution in [2.45, 2.75) is 13.3 Å². The van der Waals surface area contributed by atoms with Crippen molar-refractivity contribution >= 4 is 5.97 Å². The van der Waals surface area contributed by atoms with Crippen molar-refractivity contribution in [1.29, 1.82) is 0 Å². The first-order chi connectivity index (χ1) is 5.65. The summed E-state index contributed by atoms with van der Waals surface area (Å²) in [6.45, 7) is 1.85. The summed E-state index contributed by atoms with van der Waals surface area (Å²) in [6.07, 6.45) is 1.98. The zero-order chi connectivity index (χ0) is 9.14. The molecule has 0 unspecified atom stereocenters. The van der Waals surface area contributed by atoms with Crippen molar-refractivity contribution < 1.29 is 14.3 Å². The molecule has 0 saturated carbocycles. The highest BCUT2D eigenvalue weighted by Crippen LogP contribution is 2.07. The van der Waals surface area contributed by atoms with Crippen molar-refractivity contribution in [1.82, 2.24) is 4.98 Å². The highest BCUT2D eigenvalue weighted by molar-refractivity contribution is 5.87. The lowest BCUT2D eigenvalue weighted by Crippen LogP contribution is -2.03. The van der Waals surface area contributed by atoms with Gasteiger partial charge < -0.3 is 5.11 Å². The van der Waals surface area contributed by atoms with Crippen LogP contribution in [0.2, 0.25) is 0 Å². The summed E-state index contributed by atoms with van der Waals surface area (Å²) in [4.78, 5) is 13.7. The summed E-state index contributed by atoms with van der Waals surface area (Å²) in [5, 5.41) is 8.51. The van der Waals surface area contributed by atoms with Crippen LogP contribution in [-0.2, 0) is 6.42 Å². The summed E-state index contributed by atoms with van der Waals surface area (Å²) in [5.41, 5.74) is 0.350. The van der Waals surface area contributed by atoms with E-state index in [0.29, 0.717) is 12.0 Å². The molecule has 1 heterocycles. The maximum absolute atomic E-state index is 12.7. The third kappa shape index (κ3) is 1.58. The Morgan fingerprint density at radius 1 is 1.75 bits per heavy atom. The second-order valence-electron chi connectivity index (χ2n) is 2.34. The molecule has 64 valence electrons. The minimum Gasteiger partial charge on any atom is -0.478 e. The number of halogens is 1. The molecule has 3 nitrogen and oxygen atoms in total. The van der Waals surface area contributed by atoms with Crippen LogP contribution in [0, 0.1) is 5.95 Å². The number of aromatic carboxylic acids is 1. The van der Waals surface area contributed by atoms with Gasteiger partial charge in [0, 0.05) is 6.20 Å². The third-order valence-electron chi connectivity index (χ3n) is 1.53. The minimum atomic E-state index is -1.28. The molecule has 0 saturated heterocycles. The van der Waals surface area contributed by atoms with Gasteiger partial charge in [-0.05, 0) is 18.1 Å². The number of hydrogen-bond acceptors (Lipinski definition) is 2. The minimum absolute atomic E-state index is 0.366. The fourth-order valence-corrected chi connectivity index (χ4v) is 0.835. The Hall–Kier alpha value is -1.45. The summed E-state index contributed by atoms with van der Waals surface area (Å²) in [7, 11) is 0. The van der Waals surface area contributed by atoms with Crippen LogP contribution in [0.4, 0.5) is 4.39 Å². The van der Waals surface area contributed by atoms with Gasteiger partial charge in [0.05, 0.1) is 0 Å². The normalized spacial score (nSPS) is 9.83. The molecule has 0 amide bonds. The van der Waals surface area contributed by atoms with Crippen LogP contribution >= 0.6 is 0 Å². The van der Waals surface area contributed by atoms with Crippen molar-refractivity contribution in [3.8, 4) is 0 Å². The number of carbonyl (C=O) groups is 1. The van der Waals surface area contributed by atoms with E-state index in [9.17, 15) is 9.18 Å². The van der Waals surface area contributed by atoms with Gasteiger partial charge in [0.25, 0.3) is 0 Å². The smallest absolute Gasteiger partial charge is 0.340 e. The number of nitrogens with zero attached hydrogens (tertiary/aromatic N) is 1. The first-order valence-electron chi connectivity index (χ1n) is 3.53. The number of aryl methyl sites for hydroxylation is 1. The van der Waals surface area contributed by atoms with E-state index in [-0.39, 0.29) is 5.56 Å². The van der Waals surface area contributed by atoms with E-state index in [0.717, 1.165) is 0 Å². The zero-order valence-electron chi connectivity index (χ0n) is 6.54. The van der Waals surface area contributed by atoms with Gasteiger partial charge in [-0.25, -0.2) is 9.78 Å². The molecule has 12 heavy (non-hydrogen) atoms. The van der Waals surface area contributed by atoms with Crippen molar-refractivity contribution in [2.75, 3.05) is 0 Å². The number of carboxylic acid groups (broad SMARTS) is 1. The standard InChI is InChI=1S/C8H8FNO2/c1-2-5-3-6(8(11)12)7(9)10-4-5/h3-4H,2H2,1H3,(H,11,12). The Morgan fingerprint density at radius 3 is 2.92 bits per heavy atom. The topological polar surface area (TPSA) is 50.2 Å². The summed E-state index contributed by atoms with van der Waals surface area (Å²) in [5.74, 6) is -2.21. The van der Waals surface area contributed by atoms with Crippen LogP contribution in [0.15, 0.2) is 12.3 Å². The van der Waals surface area contributed by atoms with Crippen LogP contribution in [0.25, 0.3) is 0 Å². The molecule has 0 aliphatic rings. The monoisotopic (exact) mass is 169 g/mol. The molecule has 0 aliphatic heterocycles. The quantitative estimate of drug-likeness (QED) is 0.682. The predicted octanol–water partition coefficient (Wildman–Crippen LogP) is 1.48. The fraction of sp³-hybridized carbons (Fsp3) is 0.250. The maximum atomic E-state index is 12.7. The lowest BCUT2D eigenvalue weighted by atomic mass is 10.1. The number of pyridine rings is 1. The van der Waals surface area contributed by atoms with Gasteiger partial charge >= 0.3 is 5.97 Å². The van der Waals surface area contributed by atoms with Crippen LogP contribution in [0.1, 0.15) is 22.8 Å². The van der Waals surface area contributed by atoms with Gasteiger partial charge in [0.1, 0.15) is 5.56 Å². The molecule has 0 fully saturated rings. The summed E-state index contributed by atoms with van der Waals surface area (Å²) >= 11 is 0. The van der Waals surface area contributed by atoms with E-state index in [1.54, 1.807) is 0 Å². The molecule has 0 spiro atoms. The number of aromatic nitrogens is 1. The summed E-state index contributed by atoms with van der Waals surface area (Å²) < 4.78 is 12.7. The highest BCUT2D eigenvalue weighted by Gasteiger charge is 2.11.